The minimum Gasteiger partial charge on any atom is -0.322 e. The number of aromatic nitrogens is 4. The lowest BCUT2D eigenvalue weighted by molar-refractivity contribution is 0.628. The highest BCUT2D eigenvalue weighted by Crippen LogP contribution is 2.24. The van der Waals surface area contributed by atoms with E-state index in [1.54, 1.807) is 16.8 Å². The van der Waals surface area contributed by atoms with Crippen LogP contribution in [0.15, 0.2) is 54.6 Å². The predicted molar refractivity (Wildman–Crippen MR) is 83.3 cm³/mol. The Morgan fingerprint density at radius 2 is 1.82 bits per heavy atom. The number of para-hydroxylation sites is 2. The van der Waals surface area contributed by atoms with Gasteiger partial charge in [-0.25, -0.2) is 9.37 Å². The van der Waals surface area contributed by atoms with E-state index >= 15 is 0 Å². The number of H-pyrrole nitrogens is 1. The first-order valence-corrected chi connectivity index (χ1v) is 6.98. The summed E-state index contributed by atoms with van der Waals surface area (Å²) in [4.78, 5) is 7.83. The van der Waals surface area contributed by atoms with E-state index in [4.69, 9.17) is 0 Å². The highest BCUT2D eigenvalue weighted by molar-refractivity contribution is 5.76. The molecule has 4 nitrogen and oxygen atoms in total. The van der Waals surface area contributed by atoms with E-state index in [0.29, 0.717) is 5.95 Å². The summed E-state index contributed by atoms with van der Waals surface area (Å²) in [5.41, 5.74) is 4.48. The Bertz CT molecular complexity index is 917. The van der Waals surface area contributed by atoms with E-state index in [1.165, 1.54) is 12.1 Å². The largest absolute Gasteiger partial charge is 0.322 e. The van der Waals surface area contributed by atoms with Gasteiger partial charge in [0.05, 0.1) is 22.4 Å². The Labute approximate surface area is 126 Å². The molecular formula is C17H13FN4. The molecule has 5 heteroatoms. The molecule has 4 rings (SSSR count). The quantitative estimate of drug-likeness (QED) is 0.609. The Morgan fingerprint density at radius 1 is 1.05 bits per heavy atom. The molecular weight excluding hydrogens is 279 g/mol. The molecule has 0 saturated heterocycles. The molecule has 2 aromatic carbocycles. The Morgan fingerprint density at radius 3 is 2.59 bits per heavy atom. The minimum absolute atomic E-state index is 0.254. The number of halogens is 1. The van der Waals surface area contributed by atoms with Crippen molar-refractivity contribution in [2.75, 3.05) is 0 Å². The van der Waals surface area contributed by atoms with E-state index in [-0.39, 0.29) is 5.82 Å². The maximum absolute atomic E-state index is 13.1. The van der Waals surface area contributed by atoms with Gasteiger partial charge in [-0.1, -0.05) is 12.1 Å². The van der Waals surface area contributed by atoms with Crippen LogP contribution in [0, 0.1) is 12.7 Å². The van der Waals surface area contributed by atoms with E-state index in [2.05, 4.69) is 15.1 Å². The van der Waals surface area contributed by atoms with Gasteiger partial charge < -0.3 is 4.98 Å². The van der Waals surface area contributed by atoms with Crippen molar-refractivity contribution in [3.05, 3.63) is 66.1 Å². The third-order valence-corrected chi connectivity index (χ3v) is 3.55. The van der Waals surface area contributed by atoms with Crippen LogP contribution in [0.1, 0.15) is 5.69 Å². The first kappa shape index (κ1) is 12.8. The summed E-state index contributed by atoms with van der Waals surface area (Å²) in [6, 6.07) is 16.2. The standard InChI is InChI=1S/C17H13FN4/c1-11-10-16(12-6-8-13(18)9-7-12)22(21-11)17-19-14-4-2-3-5-15(14)20-17/h2-10H,1H3,(H,19,20). The average Bonchev–Trinajstić information content (AvgIpc) is 3.11. The molecule has 0 amide bonds. The summed E-state index contributed by atoms with van der Waals surface area (Å²) in [6.45, 7) is 1.92. The van der Waals surface area contributed by atoms with Gasteiger partial charge in [0.1, 0.15) is 5.82 Å². The highest BCUT2D eigenvalue weighted by atomic mass is 19.1. The molecule has 2 heterocycles. The number of aromatic amines is 1. The monoisotopic (exact) mass is 292 g/mol. The van der Waals surface area contributed by atoms with Gasteiger partial charge >= 0.3 is 0 Å². The van der Waals surface area contributed by atoms with Gasteiger partial charge in [-0.2, -0.15) is 9.78 Å². The van der Waals surface area contributed by atoms with Crippen LogP contribution in [0.3, 0.4) is 0 Å². The number of hydrogen-bond acceptors (Lipinski definition) is 2. The van der Waals surface area contributed by atoms with E-state index in [9.17, 15) is 4.39 Å². The van der Waals surface area contributed by atoms with Crippen molar-refractivity contribution in [3.63, 3.8) is 0 Å². The SMILES string of the molecule is Cc1cc(-c2ccc(F)cc2)n(-c2nc3ccccc3[nH]2)n1. The van der Waals surface area contributed by atoms with Crippen molar-refractivity contribution in [2.24, 2.45) is 0 Å². The zero-order valence-electron chi connectivity index (χ0n) is 11.9. The molecule has 0 spiro atoms. The molecule has 0 aliphatic heterocycles. The van der Waals surface area contributed by atoms with Crippen molar-refractivity contribution in [1.82, 2.24) is 19.7 Å². The summed E-state index contributed by atoms with van der Waals surface area (Å²) >= 11 is 0. The van der Waals surface area contributed by atoms with E-state index in [0.717, 1.165) is 28.0 Å². The van der Waals surface area contributed by atoms with Gasteiger partial charge in [0.25, 0.3) is 0 Å². The minimum atomic E-state index is -0.254. The molecule has 108 valence electrons. The fourth-order valence-electron chi connectivity index (χ4n) is 2.53. The van der Waals surface area contributed by atoms with Gasteiger partial charge in [0, 0.05) is 5.56 Å². The third kappa shape index (κ3) is 2.07. The molecule has 2 aromatic heterocycles. The lowest BCUT2D eigenvalue weighted by atomic mass is 10.1. The summed E-state index contributed by atoms with van der Waals surface area (Å²) < 4.78 is 14.9. The third-order valence-electron chi connectivity index (χ3n) is 3.55. The molecule has 22 heavy (non-hydrogen) atoms. The number of imidazole rings is 1. The Balaban J connectivity index is 1.90. The first-order chi connectivity index (χ1) is 10.7. The number of nitrogens with zero attached hydrogens (tertiary/aromatic N) is 3. The second kappa shape index (κ2) is 4.80. The molecule has 0 atom stereocenters. The van der Waals surface area contributed by atoms with Crippen molar-refractivity contribution < 1.29 is 4.39 Å². The second-order valence-corrected chi connectivity index (χ2v) is 5.17. The summed E-state index contributed by atoms with van der Waals surface area (Å²) in [6.07, 6.45) is 0. The molecule has 1 N–H and O–H groups in total. The lowest BCUT2D eigenvalue weighted by Gasteiger charge is -2.04. The highest BCUT2D eigenvalue weighted by Gasteiger charge is 2.13. The summed E-state index contributed by atoms with van der Waals surface area (Å²) in [7, 11) is 0. The fourth-order valence-corrected chi connectivity index (χ4v) is 2.53. The number of benzene rings is 2. The zero-order chi connectivity index (χ0) is 15.1. The summed E-state index contributed by atoms with van der Waals surface area (Å²) in [5.74, 6) is 0.392. The van der Waals surface area contributed by atoms with Gasteiger partial charge in [-0.05, 0) is 49.4 Å². The Kier molecular flexibility index (Phi) is 2.79. The molecule has 0 unspecified atom stereocenters. The molecule has 0 aliphatic rings. The van der Waals surface area contributed by atoms with Crippen LogP contribution in [0.5, 0.6) is 0 Å². The van der Waals surface area contributed by atoms with Gasteiger partial charge in [-0.3, -0.25) is 0 Å². The van der Waals surface area contributed by atoms with Crippen molar-refractivity contribution in [1.29, 1.82) is 0 Å². The Hall–Kier alpha value is -2.95. The van der Waals surface area contributed by atoms with Crippen LogP contribution < -0.4 is 0 Å². The van der Waals surface area contributed by atoms with E-state index < -0.39 is 0 Å². The molecule has 0 saturated carbocycles. The maximum atomic E-state index is 13.1. The van der Waals surface area contributed by atoms with Crippen molar-refractivity contribution in [2.45, 2.75) is 6.92 Å². The smallest absolute Gasteiger partial charge is 0.229 e. The molecule has 0 fully saturated rings. The van der Waals surface area contributed by atoms with Gasteiger partial charge in [0.2, 0.25) is 5.95 Å². The van der Waals surface area contributed by atoms with Crippen LogP contribution >= 0.6 is 0 Å². The van der Waals surface area contributed by atoms with E-state index in [1.807, 2.05) is 37.3 Å². The number of fused-ring (bicyclic) bond motifs is 1. The maximum Gasteiger partial charge on any atom is 0.229 e. The normalized spacial score (nSPS) is 11.2. The van der Waals surface area contributed by atoms with Crippen LogP contribution in [0.4, 0.5) is 4.39 Å². The second-order valence-electron chi connectivity index (χ2n) is 5.17. The number of aryl methyl sites for hydroxylation is 1. The zero-order valence-corrected chi connectivity index (χ0v) is 11.9. The van der Waals surface area contributed by atoms with Crippen LogP contribution in [-0.4, -0.2) is 19.7 Å². The lowest BCUT2D eigenvalue weighted by Crippen LogP contribution is -2.01. The summed E-state index contributed by atoms with van der Waals surface area (Å²) in [5, 5.41) is 4.50. The first-order valence-electron chi connectivity index (χ1n) is 6.98. The van der Waals surface area contributed by atoms with Gasteiger partial charge in [0.15, 0.2) is 0 Å². The number of hydrogen-bond donors (Lipinski definition) is 1. The average molecular weight is 292 g/mol. The molecule has 0 bridgehead atoms. The number of nitrogens with one attached hydrogen (secondary N) is 1. The topological polar surface area (TPSA) is 46.5 Å². The predicted octanol–water partition coefficient (Wildman–Crippen LogP) is 3.86. The number of rotatable bonds is 2. The van der Waals surface area contributed by atoms with Crippen LogP contribution in [0.25, 0.3) is 28.2 Å². The van der Waals surface area contributed by atoms with Crippen LogP contribution in [-0.2, 0) is 0 Å². The van der Waals surface area contributed by atoms with Gasteiger partial charge in [-0.15, -0.1) is 0 Å². The van der Waals surface area contributed by atoms with Crippen LogP contribution in [0.2, 0.25) is 0 Å². The molecule has 0 radical (unpaired) electrons. The molecule has 0 aliphatic carbocycles. The van der Waals surface area contributed by atoms with Crippen molar-refractivity contribution in [3.8, 4) is 17.2 Å². The van der Waals surface area contributed by atoms with Crippen molar-refractivity contribution >= 4 is 11.0 Å². The molecule has 4 aromatic rings. The fraction of sp³-hybridized carbons (Fsp3) is 0.0588.